The fraction of sp³-hybridized carbons (Fsp3) is 0.455. The van der Waals surface area contributed by atoms with Crippen LogP contribution in [-0.2, 0) is 23.9 Å². The van der Waals surface area contributed by atoms with Gasteiger partial charge in [0.2, 0.25) is 5.92 Å². The van der Waals surface area contributed by atoms with Crippen LogP contribution in [0.25, 0.3) is 0 Å². The van der Waals surface area contributed by atoms with E-state index >= 15 is 0 Å². The molecule has 0 fully saturated rings. The van der Waals surface area contributed by atoms with Crippen molar-refractivity contribution < 1.29 is 23.9 Å². The highest BCUT2D eigenvalue weighted by molar-refractivity contribution is 6.00. The molecule has 0 heterocycles. The van der Waals surface area contributed by atoms with E-state index in [1.165, 1.54) is 13.0 Å². The first-order chi connectivity index (χ1) is 7.90. The summed E-state index contributed by atoms with van der Waals surface area (Å²) in [6.45, 7) is 5.62. The normalized spacial score (nSPS) is 10.9. The molecule has 6 heteroatoms. The molecule has 1 unspecified atom stereocenters. The molecule has 0 rings (SSSR count). The van der Waals surface area contributed by atoms with E-state index in [0.717, 1.165) is 6.92 Å². The van der Waals surface area contributed by atoms with E-state index in [1.54, 1.807) is 0 Å². The van der Waals surface area contributed by atoms with Crippen LogP contribution in [0.4, 0.5) is 0 Å². The fourth-order valence-corrected chi connectivity index (χ4v) is 0.793. The van der Waals surface area contributed by atoms with Crippen molar-refractivity contribution in [2.45, 2.75) is 13.8 Å². The molecule has 0 aromatic carbocycles. The van der Waals surface area contributed by atoms with Gasteiger partial charge in [-0.25, -0.2) is 4.79 Å². The molecular weight excluding hydrogens is 226 g/mol. The molecule has 0 aliphatic carbocycles. The lowest BCUT2D eigenvalue weighted by Gasteiger charge is -2.07. The average molecular weight is 239 g/mol. The van der Waals surface area contributed by atoms with Crippen LogP contribution in [0.3, 0.4) is 0 Å². The topological polar surface area (TPSA) is 93.5 Å². The summed E-state index contributed by atoms with van der Waals surface area (Å²) in [5.74, 6) is -3.54. The lowest BCUT2D eigenvalue weighted by Crippen LogP contribution is -2.24. The third-order valence-corrected chi connectivity index (χ3v) is 1.68. The van der Waals surface area contributed by atoms with Crippen LogP contribution in [0.5, 0.6) is 0 Å². The number of carbonyl (C=O) groups excluding carboxylic acids is 3. The number of nitriles is 1. The zero-order chi connectivity index (χ0) is 13.4. The largest absolute Gasteiger partial charge is 0.461 e. The lowest BCUT2D eigenvalue weighted by atomic mass is 10.1. The number of hydrogen-bond donors (Lipinski definition) is 0. The van der Waals surface area contributed by atoms with E-state index in [-0.39, 0.29) is 18.8 Å². The van der Waals surface area contributed by atoms with Crippen molar-refractivity contribution in [3.63, 3.8) is 0 Å². The molecular formula is C11H13NO5. The molecule has 0 amide bonds. The monoisotopic (exact) mass is 239 g/mol. The Bertz CT molecular complexity index is 380. The molecule has 0 aromatic rings. The number of hydrogen-bond acceptors (Lipinski definition) is 6. The maximum absolute atomic E-state index is 11.2. The summed E-state index contributed by atoms with van der Waals surface area (Å²) in [6, 6.07) is 1.52. The van der Waals surface area contributed by atoms with Gasteiger partial charge in [-0.3, -0.25) is 9.59 Å². The molecule has 0 saturated carbocycles. The highest BCUT2D eigenvalue weighted by Gasteiger charge is 2.24. The van der Waals surface area contributed by atoms with E-state index in [0.29, 0.717) is 0 Å². The van der Waals surface area contributed by atoms with E-state index < -0.39 is 23.6 Å². The van der Waals surface area contributed by atoms with Crippen LogP contribution < -0.4 is 0 Å². The van der Waals surface area contributed by atoms with Gasteiger partial charge in [0, 0.05) is 5.57 Å². The quantitative estimate of drug-likeness (QED) is 0.288. The molecule has 0 aliphatic rings. The van der Waals surface area contributed by atoms with Crippen molar-refractivity contribution in [1.29, 1.82) is 5.26 Å². The van der Waals surface area contributed by atoms with Crippen molar-refractivity contribution in [3.8, 4) is 6.07 Å². The smallest absolute Gasteiger partial charge is 0.333 e. The molecule has 0 saturated heterocycles. The minimum atomic E-state index is -1.42. The summed E-state index contributed by atoms with van der Waals surface area (Å²) in [6.07, 6.45) is 0. The Morgan fingerprint density at radius 2 is 1.76 bits per heavy atom. The summed E-state index contributed by atoms with van der Waals surface area (Å²) in [5, 5.41) is 8.52. The second-order valence-corrected chi connectivity index (χ2v) is 3.26. The van der Waals surface area contributed by atoms with Crippen molar-refractivity contribution in [1.82, 2.24) is 0 Å². The molecule has 0 bridgehead atoms. The first kappa shape index (κ1) is 14.8. The average Bonchev–Trinajstić information content (AvgIpc) is 2.24. The number of rotatable bonds is 6. The van der Waals surface area contributed by atoms with E-state index in [9.17, 15) is 14.4 Å². The van der Waals surface area contributed by atoms with Crippen LogP contribution in [0.15, 0.2) is 12.2 Å². The molecule has 17 heavy (non-hydrogen) atoms. The van der Waals surface area contributed by atoms with Gasteiger partial charge >= 0.3 is 11.9 Å². The van der Waals surface area contributed by atoms with E-state index in [1.807, 2.05) is 0 Å². The molecule has 0 spiro atoms. The fourth-order valence-electron chi connectivity index (χ4n) is 0.793. The van der Waals surface area contributed by atoms with Crippen LogP contribution in [0.2, 0.25) is 0 Å². The van der Waals surface area contributed by atoms with Crippen molar-refractivity contribution in [3.05, 3.63) is 12.2 Å². The van der Waals surface area contributed by atoms with Crippen molar-refractivity contribution >= 4 is 17.7 Å². The third kappa shape index (κ3) is 5.47. The molecule has 6 nitrogen and oxygen atoms in total. The summed E-state index contributed by atoms with van der Waals surface area (Å²) in [4.78, 5) is 32.9. The summed E-state index contributed by atoms with van der Waals surface area (Å²) in [5.41, 5.74) is 0.231. The van der Waals surface area contributed by atoms with Crippen LogP contribution in [-0.4, -0.2) is 30.9 Å². The van der Waals surface area contributed by atoms with Crippen LogP contribution in [0.1, 0.15) is 13.8 Å². The first-order valence-corrected chi connectivity index (χ1v) is 4.79. The maximum Gasteiger partial charge on any atom is 0.333 e. The van der Waals surface area contributed by atoms with Gasteiger partial charge in [0.05, 0.1) is 6.07 Å². The maximum atomic E-state index is 11.2. The first-order valence-electron chi connectivity index (χ1n) is 4.79. The summed E-state index contributed by atoms with van der Waals surface area (Å²) < 4.78 is 9.24. The van der Waals surface area contributed by atoms with Gasteiger partial charge in [-0.1, -0.05) is 6.58 Å². The molecule has 92 valence electrons. The highest BCUT2D eigenvalue weighted by atomic mass is 16.6. The number of carbonyl (C=O) groups is 3. The SMILES string of the molecule is C=C(C)C(=O)OCCOC(=O)C(C#N)C(C)=O. The number of ketones is 1. The molecule has 0 aromatic heterocycles. The Hall–Kier alpha value is -2.16. The molecule has 0 N–H and O–H groups in total. The minimum absolute atomic E-state index is 0.145. The summed E-state index contributed by atoms with van der Waals surface area (Å²) in [7, 11) is 0. The predicted octanol–water partition coefficient (Wildman–Crippen LogP) is 0.378. The number of esters is 2. The highest BCUT2D eigenvalue weighted by Crippen LogP contribution is 2.00. The van der Waals surface area contributed by atoms with E-state index in [2.05, 4.69) is 16.1 Å². The van der Waals surface area contributed by atoms with E-state index in [4.69, 9.17) is 5.26 Å². The molecule has 1 atom stereocenters. The standard InChI is InChI=1S/C11H13NO5/c1-7(2)10(14)16-4-5-17-11(15)9(6-12)8(3)13/h9H,1,4-5H2,2-3H3. The Balaban J connectivity index is 3.95. The Morgan fingerprint density at radius 1 is 1.24 bits per heavy atom. The number of ether oxygens (including phenoxy) is 2. The summed E-state index contributed by atoms with van der Waals surface area (Å²) >= 11 is 0. The van der Waals surface area contributed by atoms with Crippen molar-refractivity contribution in [2.75, 3.05) is 13.2 Å². The Labute approximate surface area is 98.8 Å². The lowest BCUT2D eigenvalue weighted by molar-refractivity contribution is -0.153. The van der Waals surface area contributed by atoms with Gasteiger partial charge in [-0.15, -0.1) is 0 Å². The number of Topliss-reactive ketones (excluding diaryl/α,β-unsaturated/α-hetero) is 1. The van der Waals surface area contributed by atoms with Gasteiger partial charge in [0.25, 0.3) is 0 Å². The van der Waals surface area contributed by atoms with Gasteiger partial charge in [-0.2, -0.15) is 5.26 Å². The van der Waals surface area contributed by atoms with Gasteiger partial charge in [0.1, 0.15) is 13.2 Å². The van der Waals surface area contributed by atoms with Crippen molar-refractivity contribution in [2.24, 2.45) is 5.92 Å². The second kappa shape index (κ2) is 7.17. The minimum Gasteiger partial charge on any atom is -0.461 e. The van der Waals surface area contributed by atoms with Crippen LogP contribution in [0, 0.1) is 17.2 Å². The third-order valence-electron chi connectivity index (χ3n) is 1.68. The van der Waals surface area contributed by atoms with Gasteiger partial charge < -0.3 is 9.47 Å². The molecule has 0 radical (unpaired) electrons. The Kier molecular flexibility index (Phi) is 6.26. The zero-order valence-electron chi connectivity index (χ0n) is 9.69. The second-order valence-electron chi connectivity index (χ2n) is 3.26. The van der Waals surface area contributed by atoms with Gasteiger partial charge in [-0.05, 0) is 13.8 Å². The van der Waals surface area contributed by atoms with Gasteiger partial charge in [0.15, 0.2) is 5.78 Å². The Morgan fingerprint density at radius 3 is 2.18 bits per heavy atom. The predicted molar refractivity (Wildman–Crippen MR) is 56.5 cm³/mol. The van der Waals surface area contributed by atoms with Crippen LogP contribution >= 0.6 is 0 Å². The zero-order valence-corrected chi connectivity index (χ0v) is 9.69. The number of nitrogens with zero attached hydrogens (tertiary/aromatic N) is 1. The molecule has 0 aliphatic heterocycles.